The monoisotopic (exact) mass is 389 g/mol. The van der Waals surface area contributed by atoms with Crippen molar-refractivity contribution < 1.29 is 14.3 Å². The minimum atomic E-state index is -0.0626. The van der Waals surface area contributed by atoms with Crippen molar-refractivity contribution in [1.29, 1.82) is 0 Å². The summed E-state index contributed by atoms with van der Waals surface area (Å²) in [4.78, 5) is 11.1. The number of benzene rings is 2. The molecule has 1 saturated heterocycles. The maximum absolute atomic E-state index is 11.1. The molecule has 0 unspecified atom stereocenters. The second-order valence-corrected chi connectivity index (χ2v) is 6.65. The molecule has 2 aromatic rings. The smallest absolute Gasteiger partial charge is 0.236 e. The highest BCUT2D eigenvalue weighted by Gasteiger charge is 2.15. The highest BCUT2D eigenvalue weighted by atomic mass is 35.5. The number of methoxy groups -OCH3 is 1. The molecule has 134 valence electrons. The van der Waals surface area contributed by atoms with Gasteiger partial charge in [-0.1, -0.05) is 35.5 Å². The van der Waals surface area contributed by atoms with Crippen molar-refractivity contribution in [2.24, 2.45) is 10.2 Å². The SMILES string of the molecule is COc1ccc(C=NN=C2NC(=O)CS2)cc1COc1ccccc1Cl. The molecule has 0 spiro atoms. The summed E-state index contributed by atoms with van der Waals surface area (Å²) in [5, 5.41) is 11.7. The lowest BCUT2D eigenvalue weighted by molar-refractivity contribution is -0.116. The Labute approximate surface area is 160 Å². The summed E-state index contributed by atoms with van der Waals surface area (Å²) in [5.74, 6) is 1.63. The Morgan fingerprint density at radius 2 is 2.12 bits per heavy atom. The van der Waals surface area contributed by atoms with Crippen LogP contribution in [0.5, 0.6) is 11.5 Å². The Hall–Kier alpha value is -2.51. The van der Waals surface area contributed by atoms with E-state index < -0.39 is 0 Å². The van der Waals surface area contributed by atoms with Crippen LogP contribution in [0, 0.1) is 0 Å². The van der Waals surface area contributed by atoms with Gasteiger partial charge < -0.3 is 14.8 Å². The lowest BCUT2D eigenvalue weighted by Crippen LogP contribution is -2.19. The van der Waals surface area contributed by atoms with E-state index in [1.54, 1.807) is 19.4 Å². The van der Waals surface area contributed by atoms with Crippen molar-refractivity contribution in [1.82, 2.24) is 5.32 Å². The third-order valence-electron chi connectivity index (χ3n) is 3.47. The number of nitrogens with one attached hydrogen (secondary N) is 1. The van der Waals surface area contributed by atoms with E-state index in [0.29, 0.717) is 34.0 Å². The van der Waals surface area contributed by atoms with Crippen LogP contribution in [0.2, 0.25) is 5.02 Å². The van der Waals surface area contributed by atoms with Crippen LogP contribution in [0.3, 0.4) is 0 Å². The van der Waals surface area contributed by atoms with Gasteiger partial charge in [0.15, 0.2) is 5.17 Å². The van der Waals surface area contributed by atoms with Gasteiger partial charge in [-0.2, -0.15) is 5.10 Å². The van der Waals surface area contributed by atoms with E-state index in [9.17, 15) is 4.79 Å². The molecule has 1 N–H and O–H groups in total. The predicted octanol–water partition coefficient (Wildman–Crippen LogP) is 3.48. The second-order valence-electron chi connectivity index (χ2n) is 5.28. The highest BCUT2D eigenvalue weighted by molar-refractivity contribution is 8.15. The lowest BCUT2D eigenvalue weighted by atomic mass is 10.1. The average molecular weight is 390 g/mol. The Balaban J connectivity index is 1.72. The van der Waals surface area contributed by atoms with E-state index in [1.165, 1.54) is 11.8 Å². The zero-order chi connectivity index (χ0) is 18.4. The van der Waals surface area contributed by atoms with Gasteiger partial charge in [-0.15, -0.1) is 5.10 Å². The average Bonchev–Trinajstić information content (AvgIpc) is 3.06. The fourth-order valence-corrected chi connectivity index (χ4v) is 3.06. The Kier molecular flexibility index (Phi) is 6.14. The number of halogens is 1. The van der Waals surface area contributed by atoms with Crippen LogP contribution < -0.4 is 14.8 Å². The molecule has 0 saturated carbocycles. The number of thioether (sulfide) groups is 1. The zero-order valence-corrected chi connectivity index (χ0v) is 15.5. The van der Waals surface area contributed by atoms with E-state index in [1.807, 2.05) is 36.4 Å². The number of amides is 1. The molecular weight excluding hydrogens is 374 g/mol. The van der Waals surface area contributed by atoms with E-state index in [4.69, 9.17) is 21.1 Å². The summed E-state index contributed by atoms with van der Waals surface area (Å²) in [6, 6.07) is 12.9. The number of rotatable bonds is 6. The van der Waals surface area contributed by atoms with Crippen molar-refractivity contribution in [3.05, 3.63) is 58.6 Å². The lowest BCUT2D eigenvalue weighted by Gasteiger charge is -2.12. The number of nitrogens with zero attached hydrogens (tertiary/aromatic N) is 2. The van der Waals surface area contributed by atoms with Crippen molar-refractivity contribution in [2.45, 2.75) is 6.61 Å². The molecule has 6 nitrogen and oxygen atoms in total. The third-order valence-corrected chi connectivity index (χ3v) is 4.64. The van der Waals surface area contributed by atoms with Crippen LogP contribution >= 0.6 is 23.4 Å². The number of hydrogen-bond donors (Lipinski definition) is 1. The quantitative estimate of drug-likeness (QED) is 0.606. The van der Waals surface area contributed by atoms with Gasteiger partial charge in [-0.3, -0.25) is 4.79 Å². The molecule has 0 aliphatic carbocycles. The summed E-state index contributed by atoms with van der Waals surface area (Å²) in [7, 11) is 1.61. The molecule has 1 fully saturated rings. The van der Waals surface area contributed by atoms with Gasteiger partial charge in [-0.25, -0.2) is 0 Å². The molecule has 3 rings (SSSR count). The standard InChI is InChI=1S/C18H16ClN3O3S/c1-24-15-7-6-12(9-20-22-18-21-17(23)11-26-18)8-13(15)10-25-16-5-3-2-4-14(16)19/h2-9H,10-11H2,1H3,(H,21,22,23). The summed E-state index contributed by atoms with van der Waals surface area (Å²) in [6.07, 6.45) is 1.61. The fraction of sp³-hybridized carbons (Fsp3) is 0.167. The number of carbonyl (C=O) groups excluding carboxylic acids is 1. The Bertz CT molecular complexity index is 871. The van der Waals surface area contributed by atoms with Crippen LogP contribution in [-0.2, 0) is 11.4 Å². The van der Waals surface area contributed by atoms with Gasteiger partial charge in [-0.05, 0) is 35.9 Å². The maximum atomic E-state index is 11.1. The summed E-state index contributed by atoms with van der Waals surface area (Å²) in [6.45, 7) is 0.301. The molecule has 0 radical (unpaired) electrons. The second kappa shape index (κ2) is 8.73. The largest absolute Gasteiger partial charge is 0.496 e. The van der Waals surface area contributed by atoms with Crippen LogP contribution in [-0.4, -0.2) is 30.2 Å². The number of hydrogen-bond acceptors (Lipinski definition) is 6. The van der Waals surface area contributed by atoms with Crippen molar-refractivity contribution in [3.63, 3.8) is 0 Å². The third kappa shape index (κ3) is 4.77. The van der Waals surface area contributed by atoms with Gasteiger partial charge in [0.1, 0.15) is 18.1 Å². The molecule has 0 atom stereocenters. The fourth-order valence-electron chi connectivity index (χ4n) is 2.24. The van der Waals surface area contributed by atoms with Crippen LogP contribution in [0.25, 0.3) is 0 Å². The first-order chi connectivity index (χ1) is 12.7. The summed E-state index contributed by atoms with van der Waals surface area (Å²) >= 11 is 7.44. The van der Waals surface area contributed by atoms with Gasteiger partial charge >= 0.3 is 0 Å². The van der Waals surface area contributed by atoms with Crippen molar-refractivity contribution in [2.75, 3.05) is 12.9 Å². The minimum Gasteiger partial charge on any atom is -0.496 e. The number of ether oxygens (including phenoxy) is 2. The number of carbonyl (C=O) groups is 1. The van der Waals surface area contributed by atoms with Gasteiger partial charge in [0.25, 0.3) is 0 Å². The van der Waals surface area contributed by atoms with Crippen molar-refractivity contribution >= 4 is 40.7 Å². The minimum absolute atomic E-state index is 0.0626. The van der Waals surface area contributed by atoms with Gasteiger partial charge in [0, 0.05) is 5.56 Å². The molecule has 1 aliphatic heterocycles. The topological polar surface area (TPSA) is 72.3 Å². The van der Waals surface area contributed by atoms with E-state index in [0.717, 1.165) is 11.1 Å². The molecule has 8 heteroatoms. The van der Waals surface area contributed by atoms with Crippen LogP contribution in [0.15, 0.2) is 52.7 Å². The molecule has 0 bridgehead atoms. The van der Waals surface area contributed by atoms with E-state index in [-0.39, 0.29) is 5.91 Å². The number of para-hydroxylation sites is 1. The van der Waals surface area contributed by atoms with E-state index in [2.05, 4.69) is 15.5 Å². The van der Waals surface area contributed by atoms with Crippen LogP contribution in [0.4, 0.5) is 0 Å². The van der Waals surface area contributed by atoms with Gasteiger partial charge in [0.2, 0.25) is 5.91 Å². The first-order valence-corrected chi connectivity index (χ1v) is 9.10. The molecular formula is C18H16ClN3O3S. The molecule has 0 aromatic heterocycles. The summed E-state index contributed by atoms with van der Waals surface area (Å²) in [5.41, 5.74) is 1.69. The summed E-state index contributed by atoms with van der Waals surface area (Å²) < 4.78 is 11.2. The maximum Gasteiger partial charge on any atom is 0.236 e. The molecule has 1 aliphatic rings. The number of amidine groups is 1. The molecule has 26 heavy (non-hydrogen) atoms. The molecule has 2 aromatic carbocycles. The molecule has 1 amide bonds. The van der Waals surface area contributed by atoms with Gasteiger partial charge in [0.05, 0.1) is 24.1 Å². The normalized spacial score (nSPS) is 15.5. The van der Waals surface area contributed by atoms with Crippen molar-refractivity contribution in [3.8, 4) is 11.5 Å². The van der Waals surface area contributed by atoms with E-state index >= 15 is 0 Å². The first kappa shape index (κ1) is 18.3. The Morgan fingerprint density at radius 1 is 1.27 bits per heavy atom. The van der Waals surface area contributed by atoms with Crippen LogP contribution in [0.1, 0.15) is 11.1 Å². The predicted molar refractivity (Wildman–Crippen MR) is 104 cm³/mol. The molecule has 1 heterocycles. The highest BCUT2D eigenvalue weighted by Crippen LogP contribution is 2.26. The first-order valence-electron chi connectivity index (χ1n) is 7.73. The Morgan fingerprint density at radius 3 is 2.85 bits per heavy atom. The zero-order valence-electron chi connectivity index (χ0n) is 13.9.